The van der Waals surface area contributed by atoms with E-state index in [4.69, 9.17) is 9.47 Å². The molecule has 3 aliphatic rings. The number of carbonyl (C=O) groups is 1. The lowest BCUT2D eigenvalue weighted by Gasteiger charge is -2.42. The first kappa shape index (κ1) is 18.9. The Kier molecular flexibility index (Phi) is 4.80. The molecule has 0 bridgehead atoms. The van der Waals surface area contributed by atoms with E-state index in [1.807, 2.05) is 19.9 Å². The second kappa shape index (κ2) is 6.86. The van der Waals surface area contributed by atoms with E-state index in [0.29, 0.717) is 12.2 Å². The molecule has 0 aromatic heterocycles. The molecule has 1 aromatic rings. The highest BCUT2D eigenvalue weighted by atomic mass is 16.7. The average molecular weight is 369 g/mol. The first-order chi connectivity index (χ1) is 12.8. The number of hydrogen-bond acceptors (Lipinski definition) is 3. The number of benzene rings is 1. The van der Waals surface area contributed by atoms with Crippen LogP contribution in [-0.2, 0) is 20.7 Å². The Balaban J connectivity index is 1.37. The maximum absolute atomic E-state index is 13.1. The van der Waals surface area contributed by atoms with Crippen molar-refractivity contribution in [1.29, 1.82) is 0 Å². The summed E-state index contributed by atoms with van der Waals surface area (Å²) >= 11 is 0. The molecule has 146 valence electrons. The molecular formula is C24H32O3. The minimum atomic E-state index is -0.480. The van der Waals surface area contributed by atoms with E-state index in [2.05, 4.69) is 31.2 Å². The fourth-order valence-corrected chi connectivity index (χ4v) is 4.99. The van der Waals surface area contributed by atoms with Gasteiger partial charge in [-0.15, -0.1) is 0 Å². The molecule has 1 saturated carbocycles. The van der Waals surface area contributed by atoms with Crippen molar-refractivity contribution in [2.75, 3.05) is 13.2 Å². The third-order valence-electron chi connectivity index (χ3n) is 6.73. The molecule has 2 aliphatic carbocycles. The fraction of sp³-hybridized carbons (Fsp3) is 0.625. The van der Waals surface area contributed by atoms with Crippen LogP contribution in [-0.4, -0.2) is 24.8 Å². The van der Waals surface area contributed by atoms with E-state index in [9.17, 15) is 4.79 Å². The van der Waals surface area contributed by atoms with Crippen molar-refractivity contribution >= 4 is 5.78 Å². The van der Waals surface area contributed by atoms with Gasteiger partial charge in [0, 0.05) is 11.8 Å². The monoisotopic (exact) mass is 368 g/mol. The summed E-state index contributed by atoms with van der Waals surface area (Å²) in [6.45, 7) is 7.66. The zero-order valence-electron chi connectivity index (χ0n) is 17.0. The highest BCUT2D eigenvalue weighted by molar-refractivity contribution is 5.91. The molecule has 0 radical (unpaired) electrons. The summed E-state index contributed by atoms with van der Waals surface area (Å²) in [6, 6.07) is 10.5. The summed E-state index contributed by atoms with van der Waals surface area (Å²) in [7, 11) is 0. The zero-order valence-corrected chi connectivity index (χ0v) is 17.0. The molecule has 1 spiro atoms. The Morgan fingerprint density at radius 1 is 1.04 bits per heavy atom. The molecule has 1 heterocycles. The number of aryl methyl sites for hydroxylation is 1. The molecule has 0 amide bonds. The van der Waals surface area contributed by atoms with Crippen LogP contribution in [0.4, 0.5) is 0 Å². The van der Waals surface area contributed by atoms with E-state index in [-0.39, 0.29) is 10.8 Å². The van der Waals surface area contributed by atoms with Gasteiger partial charge in [-0.25, -0.2) is 0 Å². The second-order valence-electron chi connectivity index (χ2n) is 9.43. The van der Waals surface area contributed by atoms with Crippen molar-refractivity contribution in [2.24, 2.45) is 10.8 Å². The van der Waals surface area contributed by atoms with Crippen LogP contribution in [0, 0.1) is 10.8 Å². The Morgan fingerprint density at radius 3 is 2.33 bits per heavy atom. The Hall–Kier alpha value is -1.45. The number of ketones is 1. The minimum absolute atomic E-state index is 0.0504. The molecule has 0 N–H and O–H groups in total. The largest absolute Gasteiger partial charge is 0.350 e. The van der Waals surface area contributed by atoms with Crippen molar-refractivity contribution in [2.45, 2.75) is 71.5 Å². The summed E-state index contributed by atoms with van der Waals surface area (Å²) in [5.74, 6) is -0.0188. The smallest absolute Gasteiger partial charge is 0.162 e. The standard InChI is InChI=1S/C24H32O3/c1-18-14-23(16-26-22(2,3)27-17-23)15-20(18)24(12-13-24)21(25)11-7-10-19-8-5-4-6-9-19/h4-6,8-9H,7,10-17H2,1-3H3. The molecule has 2 fully saturated rings. The summed E-state index contributed by atoms with van der Waals surface area (Å²) in [6.07, 6.45) is 6.68. The maximum atomic E-state index is 13.1. The topological polar surface area (TPSA) is 35.5 Å². The highest BCUT2D eigenvalue weighted by Crippen LogP contribution is 2.61. The van der Waals surface area contributed by atoms with Crippen LogP contribution >= 0.6 is 0 Å². The van der Waals surface area contributed by atoms with Crippen molar-refractivity contribution < 1.29 is 14.3 Å². The quantitative estimate of drug-likeness (QED) is 0.644. The van der Waals surface area contributed by atoms with E-state index < -0.39 is 5.79 Å². The molecule has 3 heteroatoms. The second-order valence-corrected chi connectivity index (χ2v) is 9.43. The lowest BCUT2D eigenvalue weighted by atomic mass is 9.80. The van der Waals surface area contributed by atoms with Crippen LogP contribution in [0.3, 0.4) is 0 Å². The van der Waals surface area contributed by atoms with Gasteiger partial charge in [0.15, 0.2) is 5.79 Å². The molecule has 3 nitrogen and oxygen atoms in total. The number of allylic oxidation sites excluding steroid dienone is 2. The summed E-state index contributed by atoms with van der Waals surface area (Å²) < 4.78 is 11.9. The number of rotatable bonds is 6. The third kappa shape index (κ3) is 3.77. The molecule has 4 rings (SSSR count). The van der Waals surface area contributed by atoms with Crippen LogP contribution in [0.25, 0.3) is 0 Å². The van der Waals surface area contributed by atoms with Gasteiger partial charge in [0.1, 0.15) is 5.78 Å². The van der Waals surface area contributed by atoms with Crippen LogP contribution < -0.4 is 0 Å². The van der Waals surface area contributed by atoms with Gasteiger partial charge >= 0.3 is 0 Å². The van der Waals surface area contributed by atoms with Gasteiger partial charge in [-0.3, -0.25) is 4.79 Å². The van der Waals surface area contributed by atoms with E-state index in [0.717, 1.165) is 51.7 Å². The summed E-state index contributed by atoms with van der Waals surface area (Å²) in [5.41, 5.74) is 4.05. The lowest BCUT2D eigenvalue weighted by Crippen LogP contribution is -2.45. The van der Waals surface area contributed by atoms with Gasteiger partial charge < -0.3 is 9.47 Å². The first-order valence-electron chi connectivity index (χ1n) is 10.4. The summed E-state index contributed by atoms with van der Waals surface area (Å²) in [4.78, 5) is 13.1. The van der Waals surface area contributed by atoms with Gasteiger partial charge in [-0.2, -0.15) is 0 Å². The molecule has 0 unspecified atom stereocenters. The number of hydrogen-bond donors (Lipinski definition) is 0. The third-order valence-corrected chi connectivity index (χ3v) is 6.73. The van der Waals surface area contributed by atoms with Gasteiger partial charge in [-0.05, 0) is 64.9 Å². The van der Waals surface area contributed by atoms with Gasteiger partial charge in [0.05, 0.1) is 18.6 Å². The highest BCUT2D eigenvalue weighted by Gasteiger charge is 2.56. The fourth-order valence-electron chi connectivity index (χ4n) is 4.99. The number of carbonyl (C=O) groups excluding carboxylic acids is 1. The Morgan fingerprint density at radius 2 is 1.70 bits per heavy atom. The molecule has 1 saturated heterocycles. The summed E-state index contributed by atoms with van der Waals surface area (Å²) in [5, 5.41) is 0. The zero-order chi connectivity index (χ0) is 19.1. The SMILES string of the molecule is CC1=C(C2(C(=O)CCCc3ccccc3)CC2)CC2(COC(C)(C)OC2)C1. The first-order valence-corrected chi connectivity index (χ1v) is 10.4. The van der Waals surface area contributed by atoms with Gasteiger partial charge in [0.2, 0.25) is 0 Å². The average Bonchev–Trinajstić information content (AvgIpc) is 3.39. The van der Waals surface area contributed by atoms with Gasteiger partial charge in [-0.1, -0.05) is 41.5 Å². The van der Waals surface area contributed by atoms with E-state index in [1.54, 1.807) is 0 Å². The number of ether oxygens (including phenoxy) is 2. The minimum Gasteiger partial charge on any atom is -0.350 e. The van der Waals surface area contributed by atoms with Crippen LogP contribution in [0.5, 0.6) is 0 Å². The molecule has 1 aliphatic heterocycles. The predicted octanol–water partition coefficient (Wildman–Crippen LogP) is 5.24. The van der Waals surface area contributed by atoms with Crippen molar-refractivity contribution in [3.63, 3.8) is 0 Å². The Labute approximate surface area is 163 Å². The molecular weight excluding hydrogens is 336 g/mol. The molecule has 1 aromatic carbocycles. The van der Waals surface area contributed by atoms with Gasteiger partial charge in [0.25, 0.3) is 0 Å². The molecule has 27 heavy (non-hydrogen) atoms. The predicted molar refractivity (Wildman–Crippen MR) is 106 cm³/mol. The van der Waals surface area contributed by atoms with E-state index in [1.165, 1.54) is 16.7 Å². The maximum Gasteiger partial charge on any atom is 0.162 e. The number of Topliss-reactive ketones (excluding diaryl/α,β-unsaturated/α-hetero) is 1. The van der Waals surface area contributed by atoms with E-state index >= 15 is 0 Å². The van der Waals surface area contributed by atoms with Crippen molar-refractivity contribution in [3.8, 4) is 0 Å². The Bertz CT molecular complexity index is 730. The van der Waals surface area contributed by atoms with Crippen molar-refractivity contribution in [3.05, 3.63) is 47.0 Å². The van der Waals surface area contributed by atoms with Crippen LogP contribution in [0.15, 0.2) is 41.5 Å². The van der Waals surface area contributed by atoms with Crippen LogP contribution in [0.1, 0.15) is 64.9 Å². The normalized spacial score (nSPS) is 25.0. The molecule has 0 atom stereocenters. The van der Waals surface area contributed by atoms with Crippen LogP contribution in [0.2, 0.25) is 0 Å². The lowest BCUT2D eigenvalue weighted by molar-refractivity contribution is -0.283. The van der Waals surface area contributed by atoms with Crippen molar-refractivity contribution in [1.82, 2.24) is 0 Å².